The first-order valence-electron chi connectivity index (χ1n) is 13.9. The molecule has 4 aromatic heterocycles. The van der Waals surface area contributed by atoms with Gasteiger partial charge in [-0.25, -0.2) is 9.37 Å². The van der Waals surface area contributed by atoms with E-state index in [2.05, 4.69) is 30.1 Å². The summed E-state index contributed by atoms with van der Waals surface area (Å²) in [7, 11) is 3.25. The number of hydrogen-bond donors (Lipinski definition) is 1. The van der Waals surface area contributed by atoms with Crippen molar-refractivity contribution in [2.24, 2.45) is 5.92 Å². The fraction of sp³-hybridized carbons (Fsp3) is 0.300. The van der Waals surface area contributed by atoms with Gasteiger partial charge < -0.3 is 24.8 Å². The second-order valence-corrected chi connectivity index (χ2v) is 11.3. The largest absolute Gasteiger partial charge is 0.467 e. The third-order valence-corrected chi connectivity index (χ3v) is 7.70. The zero-order valence-electron chi connectivity index (χ0n) is 24.5. The molecule has 12 nitrogen and oxygen atoms in total. The standard InChI is InChI=1S/C30H29ClFN9O3/c1-15(2)28-36-21(44-39-28)8-9-22(42)41-13-16(14-41)12-40(3)29-18-11-34-27(24(32)25(18)37-30(38-29)43-4)26-23-17(10-20(33)35-26)6-5-7-19(23)31/h5-11,15-16H,12-14H2,1-4H3,(H2,33,35)/b9-8+. The van der Waals surface area contributed by atoms with Gasteiger partial charge in [0.2, 0.25) is 5.91 Å². The molecule has 1 aliphatic heterocycles. The average Bonchev–Trinajstić information content (AvgIpc) is 3.46. The molecule has 2 N–H and O–H groups in total. The molecule has 0 radical (unpaired) electrons. The Balaban J connectivity index is 1.23. The number of nitrogen functional groups attached to an aromatic ring is 1. The lowest BCUT2D eigenvalue weighted by atomic mass is 9.99. The van der Waals surface area contributed by atoms with E-state index in [4.69, 9.17) is 26.6 Å². The number of nitrogens with zero attached hydrogens (tertiary/aromatic N) is 8. The summed E-state index contributed by atoms with van der Waals surface area (Å²) in [6.07, 6.45) is 4.46. The molecular formula is C30H29ClFN9O3. The summed E-state index contributed by atoms with van der Waals surface area (Å²) in [4.78, 5) is 38.1. The van der Waals surface area contributed by atoms with Gasteiger partial charge in [-0.1, -0.05) is 42.7 Å². The molecule has 1 fully saturated rings. The van der Waals surface area contributed by atoms with Gasteiger partial charge in [-0.05, 0) is 17.5 Å². The zero-order chi connectivity index (χ0) is 31.1. The first kappa shape index (κ1) is 29.2. The highest BCUT2D eigenvalue weighted by molar-refractivity contribution is 6.36. The van der Waals surface area contributed by atoms with Gasteiger partial charge in [-0.2, -0.15) is 15.0 Å². The first-order chi connectivity index (χ1) is 21.1. The average molecular weight is 618 g/mol. The van der Waals surface area contributed by atoms with E-state index in [1.807, 2.05) is 31.9 Å². The van der Waals surface area contributed by atoms with Crippen LogP contribution in [0, 0.1) is 11.7 Å². The fourth-order valence-corrected chi connectivity index (χ4v) is 5.44. The van der Waals surface area contributed by atoms with E-state index in [1.165, 1.54) is 25.5 Å². The number of ether oxygens (including phenoxy) is 1. The van der Waals surface area contributed by atoms with Crippen molar-refractivity contribution < 1.29 is 18.4 Å². The third-order valence-electron chi connectivity index (χ3n) is 7.38. The predicted octanol–water partition coefficient (Wildman–Crippen LogP) is 4.74. The lowest BCUT2D eigenvalue weighted by Gasteiger charge is -2.40. The Hall–Kier alpha value is -4.91. The van der Waals surface area contributed by atoms with Crippen molar-refractivity contribution in [3.05, 3.63) is 59.1 Å². The van der Waals surface area contributed by atoms with Crippen LogP contribution in [0.3, 0.4) is 0 Å². The second-order valence-electron chi connectivity index (χ2n) is 10.9. The Labute approximate surface area is 256 Å². The smallest absolute Gasteiger partial charge is 0.318 e. The van der Waals surface area contributed by atoms with E-state index in [1.54, 1.807) is 23.1 Å². The van der Waals surface area contributed by atoms with Gasteiger partial charge in [0.15, 0.2) is 11.6 Å². The molecule has 0 saturated carbocycles. The number of rotatable bonds is 8. The Bertz CT molecular complexity index is 1920. The predicted molar refractivity (Wildman–Crippen MR) is 165 cm³/mol. The van der Waals surface area contributed by atoms with Crippen molar-refractivity contribution in [2.45, 2.75) is 19.8 Å². The fourth-order valence-electron chi connectivity index (χ4n) is 5.16. The Morgan fingerprint density at radius 3 is 2.77 bits per heavy atom. The number of halogens is 2. The highest BCUT2D eigenvalue weighted by atomic mass is 35.5. The topological polar surface area (TPSA) is 149 Å². The van der Waals surface area contributed by atoms with Crippen LogP contribution >= 0.6 is 11.6 Å². The van der Waals surface area contributed by atoms with Crippen molar-refractivity contribution >= 4 is 56.9 Å². The number of aromatic nitrogens is 6. The zero-order valence-corrected chi connectivity index (χ0v) is 25.2. The maximum atomic E-state index is 16.2. The molecule has 14 heteroatoms. The molecule has 1 aromatic carbocycles. The maximum Gasteiger partial charge on any atom is 0.318 e. The number of carbonyl (C=O) groups is 1. The molecule has 0 bridgehead atoms. The maximum absolute atomic E-state index is 16.2. The van der Waals surface area contributed by atoms with E-state index in [0.29, 0.717) is 52.5 Å². The molecule has 226 valence electrons. The quantitative estimate of drug-likeness (QED) is 0.241. The van der Waals surface area contributed by atoms with Crippen molar-refractivity contribution in [1.82, 2.24) is 35.0 Å². The molecule has 1 amide bonds. The second kappa shape index (κ2) is 11.6. The van der Waals surface area contributed by atoms with Gasteiger partial charge in [0, 0.05) is 62.3 Å². The summed E-state index contributed by atoms with van der Waals surface area (Å²) < 4.78 is 26.7. The number of likely N-dealkylation sites (tertiary alicyclic amines) is 1. The highest BCUT2D eigenvalue weighted by Crippen LogP contribution is 2.37. The Morgan fingerprint density at radius 1 is 1.25 bits per heavy atom. The molecule has 0 unspecified atom stereocenters. The van der Waals surface area contributed by atoms with E-state index in [9.17, 15) is 4.79 Å². The van der Waals surface area contributed by atoms with Crippen LogP contribution in [-0.2, 0) is 4.79 Å². The van der Waals surface area contributed by atoms with Crippen LogP contribution in [0.2, 0.25) is 5.02 Å². The van der Waals surface area contributed by atoms with Crippen molar-refractivity contribution in [1.29, 1.82) is 0 Å². The van der Waals surface area contributed by atoms with Gasteiger partial charge in [-0.3, -0.25) is 9.78 Å². The normalized spacial score (nSPS) is 13.8. The third kappa shape index (κ3) is 5.46. The number of anilines is 2. The summed E-state index contributed by atoms with van der Waals surface area (Å²) in [6, 6.07) is 6.97. The van der Waals surface area contributed by atoms with Gasteiger partial charge in [0.1, 0.15) is 28.5 Å². The molecule has 0 aliphatic carbocycles. The van der Waals surface area contributed by atoms with Gasteiger partial charge in [-0.15, -0.1) is 0 Å². The summed E-state index contributed by atoms with van der Waals surface area (Å²) in [5, 5.41) is 5.92. The minimum Gasteiger partial charge on any atom is -0.467 e. The summed E-state index contributed by atoms with van der Waals surface area (Å²) >= 11 is 6.48. The van der Waals surface area contributed by atoms with Crippen LogP contribution in [0.25, 0.3) is 39.1 Å². The molecule has 1 aliphatic rings. The van der Waals surface area contributed by atoms with Gasteiger partial charge in [0.05, 0.1) is 17.5 Å². The van der Waals surface area contributed by atoms with Crippen LogP contribution in [-0.4, -0.2) is 74.7 Å². The number of nitrogens with two attached hydrogens (primary N) is 1. The van der Waals surface area contributed by atoms with Crippen LogP contribution in [0.5, 0.6) is 6.01 Å². The summed E-state index contributed by atoms with van der Waals surface area (Å²) in [5.41, 5.74) is 6.23. The van der Waals surface area contributed by atoms with E-state index >= 15 is 4.39 Å². The lowest BCUT2D eigenvalue weighted by Crippen LogP contribution is -2.53. The van der Waals surface area contributed by atoms with Crippen LogP contribution < -0.4 is 15.4 Å². The van der Waals surface area contributed by atoms with E-state index in [-0.39, 0.29) is 52.4 Å². The monoisotopic (exact) mass is 617 g/mol. The van der Waals surface area contributed by atoms with Crippen molar-refractivity contribution in [3.63, 3.8) is 0 Å². The molecule has 0 spiro atoms. The Kier molecular flexibility index (Phi) is 7.72. The van der Waals surface area contributed by atoms with Crippen LogP contribution in [0.1, 0.15) is 31.5 Å². The number of benzene rings is 1. The van der Waals surface area contributed by atoms with E-state index in [0.717, 1.165) is 0 Å². The Morgan fingerprint density at radius 2 is 2.05 bits per heavy atom. The minimum absolute atomic E-state index is 0.00368. The number of hydrogen-bond acceptors (Lipinski definition) is 11. The number of carbonyl (C=O) groups excluding carboxylic acids is 1. The molecule has 1 saturated heterocycles. The van der Waals surface area contributed by atoms with Gasteiger partial charge in [0.25, 0.3) is 5.89 Å². The van der Waals surface area contributed by atoms with Gasteiger partial charge >= 0.3 is 6.01 Å². The molecule has 5 aromatic rings. The van der Waals surface area contributed by atoms with Crippen LogP contribution in [0.4, 0.5) is 16.0 Å². The number of amides is 1. The summed E-state index contributed by atoms with van der Waals surface area (Å²) in [6.45, 7) is 5.55. The highest BCUT2D eigenvalue weighted by Gasteiger charge is 2.31. The lowest BCUT2D eigenvalue weighted by molar-refractivity contribution is -0.131. The molecular weight excluding hydrogens is 589 g/mol. The molecule has 6 rings (SSSR count). The molecule has 44 heavy (non-hydrogen) atoms. The SMILES string of the molecule is COc1nc(N(C)CC2CN(C(=O)/C=C/c3nc(C(C)C)no3)C2)c2cnc(-c3nc(N)cc4cccc(Cl)c34)c(F)c2n1. The molecule has 5 heterocycles. The number of fused-ring (bicyclic) bond motifs is 2. The number of pyridine rings is 2. The minimum atomic E-state index is -0.703. The van der Waals surface area contributed by atoms with E-state index < -0.39 is 5.82 Å². The first-order valence-corrected chi connectivity index (χ1v) is 14.3. The summed E-state index contributed by atoms with van der Waals surface area (Å²) in [5.74, 6) is 0.955. The number of methoxy groups -OCH3 is 1. The van der Waals surface area contributed by atoms with Crippen molar-refractivity contribution in [2.75, 3.05) is 44.4 Å². The molecule has 0 atom stereocenters. The van der Waals surface area contributed by atoms with Crippen LogP contribution in [0.15, 0.2) is 41.1 Å². The van der Waals surface area contributed by atoms with Crippen molar-refractivity contribution in [3.8, 4) is 17.4 Å².